The lowest BCUT2D eigenvalue weighted by molar-refractivity contribution is 0.111. The summed E-state index contributed by atoms with van der Waals surface area (Å²) in [4.78, 5) is 18.7. The number of rotatable bonds is 2. The molecule has 1 saturated carbocycles. The molecule has 1 fully saturated rings. The average Bonchev–Trinajstić information content (AvgIpc) is 2.00. The Labute approximate surface area is 77.2 Å². The summed E-state index contributed by atoms with van der Waals surface area (Å²) in [5.41, 5.74) is 1.93. The first-order chi connectivity index (χ1) is 6.29. The van der Waals surface area contributed by atoms with E-state index in [1.165, 1.54) is 19.3 Å². The average molecular weight is 176 g/mol. The number of aryl methyl sites for hydroxylation is 1. The molecule has 3 nitrogen and oxygen atoms in total. The lowest BCUT2D eigenvalue weighted by atomic mass is 9.82. The van der Waals surface area contributed by atoms with E-state index in [1.807, 2.05) is 13.0 Å². The quantitative estimate of drug-likeness (QED) is 0.646. The van der Waals surface area contributed by atoms with Crippen molar-refractivity contribution in [1.29, 1.82) is 0 Å². The van der Waals surface area contributed by atoms with E-state index >= 15 is 0 Å². The van der Waals surface area contributed by atoms with Crippen LogP contribution in [0.4, 0.5) is 0 Å². The van der Waals surface area contributed by atoms with Crippen molar-refractivity contribution in [1.82, 2.24) is 9.97 Å². The topological polar surface area (TPSA) is 42.9 Å². The molecule has 1 aromatic rings. The minimum Gasteiger partial charge on any atom is -0.294 e. The minimum atomic E-state index is 0.321. The molecular formula is C10H12N2O. The van der Waals surface area contributed by atoms with Gasteiger partial charge in [-0.1, -0.05) is 6.42 Å². The summed E-state index contributed by atoms with van der Waals surface area (Å²) in [7, 11) is 0. The third kappa shape index (κ3) is 1.59. The number of carbonyl (C=O) groups excluding carboxylic acids is 1. The molecule has 0 bridgehead atoms. The van der Waals surface area contributed by atoms with Crippen LogP contribution in [-0.2, 0) is 0 Å². The zero-order valence-electron chi connectivity index (χ0n) is 7.66. The van der Waals surface area contributed by atoms with Gasteiger partial charge in [-0.15, -0.1) is 0 Å². The molecule has 0 N–H and O–H groups in total. The summed E-state index contributed by atoms with van der Waals surface area (Å²) in [5, 5.41) is 0. The van der Waals surface area contributed by atoms with Gasteiger partial charge in [0.1, 0.15) is 0 Å². The fourth-order valence-corrected chi connectivity index (χ4v) is 1.58. The fraction of sp³-hybridized carbons (Fsp3) is 0.500. The van der Waals surface area contributed by atoms with Crippen molar-refractivity contribution in [3.05, 3.63) is 23.3 Å². The lowest BCUT2D eigenvalue weighted by Gasteiger charge is -2.24. The zero-order valence-corrected chi connectivity index (χ0v) is 7.66. The summed E-state index contributed by atoms with van der Waals surface area (Å²) in [5.74, 6) is 0.891. The van der Waals surface area contributed by atoms with Crippen molar-refractivity contribution in [2.45, 2.75) is 32.1 Å². The Kier molecular flexibility index (Phi) is 2.08. The smallest absolute Gasteiger partial charge is 0.193 e. The first-order valence-electron chi connectivity index (χ1n) is 4.60. The van der Waals surface area contributed by atoms with Crippen LogP contribution in [0.25, 0.3) is 0 Å². The van der Waals surface area contributed by atoms with Crippen LogP contribution in [0.15, 0.2) is 6.07 Å². The Bertz CT molecular complexity index is 332. The molecule has 1 heterocycles. The highest BCUT2D eigenvalue weighted by Crippen LogP contribution is 2.35. The van der Waals surface area contributed by atoms with Gasteiger partial charge in [-0.3, -0.25) is 4.79 Å². The van der Waals surface area contributed by atoms with E-state index in [2.05, 4.69) is 9.97 Å². The van der Waals surface area contributed by atoms with E-state index in [9.17, 15) is 4.79 Å². The first-order valence-corrected chi connectivity index (χ1v) is 4.60. The first kappa shape index (κ1) is 8.35. The molecule has 0 aliphatic heterocycles. The normalized spacial score (nSPS) is 16.7. The van der Waals surface area contributed by atoms with E-state index in [4.69, 9.17) is 0 Å². The summed E-state index contributed by atoms with van der Waals surface area (Å²) < 4.78 is 0. The van der Waals surface area contributed by atoms with E-state index in [0.717, 1.165) is 17.7 Å². The highest BCUT2D eigenvalue weighted by atomic mass is 16.1. The van der Waals surface area contributed by atoms with Gasteiger partial charge in [0.2, 0.25) is 0 Å². The molecule has 3 heteroatoms. The minimum absolute atomic E-state index is 0.321. The molecule has 1 aromatic heterocycles. The SMILES string of the molecule is Cc1cc(C2CCC2)nc(C=O)n1. The summed E-state index contributed by atoms with van der Waals surface area (Å²) in [6.45, 7) is 1.90. The van der Waals surface area contributed by atoms with E-state index in [0.29, 0.717) is 11.7 Å². The van der Waals surface area contributed by atoms with Crippen molar-refractivity contribution < 1.29 is 4.79 Å². The maximum absolute atomic E-state index is 10.5. The van der Waals surface area contributed by atoms with Crippen LogP contribution in [0, 0.1) is 6.92 Å². The summed E-state index contributed by atoms with van der Waals surface area (Å²) in [6, 6.07) is 1.98. The number of aldehydes is 1. The van der Waals surface area contributed by atoms with Crippen molar-refractivity contribution in [2.24, 2.45) is 0 Å². The second-order valence-corrected chi connectivity index (χ2v) is 3.54. The van der Waals surface area contributed by atoms with Gasteiger partial charge in [0.05, 0.1) is 0 Å². The van der Waals surface area contributed by atoms with Crippen LogP contribution >= 0.6 is 0 Å². The monoisotopic (exact) mass is 176 g/mol. The molecule has 0 atom stereocenters. The highest BCUT2D eigenvalue weighted by Gasteiger charge is 2.21. The Morgan fingerprint density at radius 1 is 1.46 bits per heavy atom. The molecule has 1 aliphatic carbocycles. The number of carbonyl (C=O) groups is 1. The van der Waals surface area contributed by atoms with Crippen molar-refractivity contribution in [2.75, 3.05) is 0 Å². The Morgan fingerprint density at radius 3 is 2.77 bits per heavy atom. The van der Waals surface area contributed by atoms with Crippen molar-refractivity contribution in [3.63, 3.8) is 0 Å². The largest absolute Gasteiger partial charge is 0.294 e. The standard InChI is InChI=1S/C10H12N2O/c1-7-5-9(8-3-2-4-8)12-10(6-13)11-7/h5-6,8H,2-4H2,1H3. The zero-order chi connectivity index (χ0) is 9.26. The number of hydrogen-bond donors (Lipinski definition) is 0. The second-order valence-electron chi connectivity index (χ2n) is 3.54. The molecule has 0 aromatic carbocycles. The molecule has 0 radical (unpaired) electrons. The summed E-state index contributed by atoms with van der Waals surface area (Å²) in [6.07, 6.45) is 4.41. The van der Waals surface area contributed by atoms with Crippen LogP contribution in [0.1, 0.15) is 47.2 Å². The number of hydrogen-bond acceptors (Lipinski definition) is 3. The maximum atomic E-state index is 10.5. The number of nitrogens with zero attached hydrogens (tertiary/aromatic N) is 2. The van der Waals surface area contributed by atoms with Crippen LogP contribution in [0.2, 0.25) is 0 Å². The predicted molar refractivity (Wildman–Crippen MR) is 48.7 cm³/mol. The van der Waals surface area contributed by atoms with E-state index in [1.54, 1.807) is 0 Å². The Balaban J connectivity index is 2.33. The van der Waals surface area contributed by atoms with Crippen LogP contribution < -0.4 is 0 Å². The number of aromatic nitrogens is 2. The van der Waals surface area contributed by atoms with Crippen molar-refractivity contribution in [3.8, 4) is 0 Å². The molecule has 68 valence electrons. The van der Waals surface area contributed by atoms with E-state index < -0.39 is 0 Å². The van der Waals surface area contributed by atoms with Crippen LogP contribution in [-0.4, -0.2) is 16.3 Å². The van der Waals surface area contributed by atoms with Crippen LogP contribution in [0.5, 0.6) is 0 Å². The molecule has 2 rings (SSSR count). The summed E-state index contributed by atoms with van der Waals surface area (Å²) >= 11 is 0. The lowest BCUT2D eigenvalue weighted by Crippen LogP contribution is -2.12. The van der Waals surface area contributed by atoms with Gasteiger partial charge in [-0.2, -0.15) is 0 Å². The molecular weight excluding hydrogens is 164 g/mol. The van der Waals surface area contributed by atoms with Gasteiger partial charge in [0.25, 0.3) is 0 Å². The van der Waals surface area contributed by atoms with Gasteiger partial charge in [0.15, 0.2) is 12.1 Å². The van der Waals surface area contributed by atoms with Crippen molar-refractivity contribution >= 4 is 6.29 Å². The Morgan fingerprint density at radius 2 is 2.23 bits per heavy atom. The molecule has 0 amide bonds. The Hall–Kier alpha value is -1.25. The predicted octanol–water partition coefficient (Wildman–Crippen LogP) is 1.87. The van der Waals surface area contributed by atoms with Gasteiger partial charge in [0, 0.05) is 17.3 Å². The molecule has 1 aliphatic rings. The highest BCUT2D eigenvalue weighted by molar-refractivity contribution is 5.68. The second kappa shape index (κ2) is 3.24. The van der Waals surface area contributed by atoms with Gasteiger partial charge < -0.3 is 0 Å². The molecule has 0 spiro atoms. The van der Waals surface area contributed by atoms with Crippen LogP contribution in [0.3, 0.4) is 0 Å². The fourth-order valence-electron chi connectivity index (χ4n) is 1.58. The maximum Gasteiger partial charge on any atom is 0.193 e. The molecule has 13 heavy (non-hydrogen) atoms. The molecule has 0 unspecified atom stereocenters. The third-order valence-corrected chi connectivity index (χ3v) is 2.52. The van der Waals surface area contributed by atoms with Gasteiger partial charge in [-0.05, 0) is 25.8 Å². The van der Waals surface area contributed by atoms with Gasteiger partial charge in [-0.25, -0.2) is 9.97 Å². The van der Waals surface area contributed by atoms with E-state index in [-0.39, 0.29) is 0 Å². The third-order valence-electron chi connectivity index (χ3n) is 2.52. The molecule has 0 saturated heterocycles. The van der Waals surface area contributed by atoms with Gasteiger partial charge >= 0.3 is 0 Å².